The molecule has 8 heavy (non-hydrogen) atoms. The van der Waals surface area contributed by atoms with E-state index in [0.29, 0.717) is 6.29 Å². The van der Waals surface area contributed by atoms with E-state index in [0.717, 1.165) is 6.42 Å². The molecule has 0 amide bonds. The van der Waals surface area contributed by atoms with Crippen molar-refractivity contribution in [3.05, 3.63) is 25.3 Å². The molecule has 0 heterocycles. The van der Waals surface area contributed by atoms with E-state index in [-0.39, 0.29) is 0 Å². The predicted molar refractivity (Wildman–Crippen MR) is 36.7 cm³/mol. The Kier molecular flexibility index (Phi) is 21.0. The Labute approximate surface area is 50.7 Å². The molecule has 0 aromatic carbocycles. The number of hydrogen-bond acceptors (Lipinski definition) is 1. The van der Waals surface area contributed by atoms with Crippen LogP contribution in [0.5, 0.6) is 0 Å². The molecule has 0 N–H and O–H groups in total. The van der Waals surface area contributed by atoms with Crippen LogP contribution < -0.4 is 0 Å². The average Bonchev–Trinajstić information content (AvgIpc) is 1.88. The topological polar surface area (TPSA) is 17.1 Å². The summed E-state index contributed by atoms with van der Waals surface area (Å²) >= 11 is 0. The highest BCUT2D eigenvalue weighted by Gasteiger charge is 1.45. The van der Waals surface area contributed by atoms with Crippen molar-refractivity contribution in [3.63, 3.8) is 0 Å². The van der Waals surface area contributed by atoms with Crippen LogP contribution in [0.2, 0.25) is 0 Å². The van der Waals surface area contributed by atoms with Crippen LogP contribution in [-0.4, -0.2) is 6.29 Å². The minimum Gasteiger partial charge on any atom is -0.299 e. The molecule has 0 aliphatic carbocycles. The first-order valence-corrected chi connectivity index (χ1v) is 2.50. The minimum absolute atomic E-state index is 0.639. The lowest BCUT2D eigenvalue weighted by molar-refractivity contribution is -0.104. The Morgan fingerprint density at radius 1 is 1.50 bits per heavy atom. The van der Waals surface area contributed by atoms with Gasteiger partial charge in [-0.05, 0) is 12.5 Å². The summed E-state index contributed by atoms with van der Waals surface area (Å²) in [5, 5.41) is 0. The molecule has 0 aromatic rings. The summed E-state index contributed by atoms with van der Waals surface area (Å²) in [7, 11) is 0. The Bertz CT molecular complexity index is 58.8. The normalized spacial score (nSPS) is 5.62. The molecule has 0 saturated heterocycles. The van der Waals surface area contributed by atoms with Gasteiger partial charge in [0.25, 0.3) is 0 Å². The number of carbonyl (C=O) groups excluding carboxylic acids is 1. The standard InChI is InChI=1S/C4H8.C3H4O/c1-3-4-2;1-2-3-4/h3H,1,4H2,2H3;2-3H,1H2. The average molecular weight is 112 g/mol. The second-order valence-electron chi connectivity index (χ2n) is 1.07. The van der Waals surface area contributed by atoms with Gasteiger partial charge in [-0.15, -0.1) is 6.58 Å². The molecule has 0 radical (unpaired) electrons. The van der Waals surface area contributed by atoms with Crippen molar-refractivity contribution in [1.29, 1.82) is 0 Å². The van der Waals surface area contributed by atoms with Gasteiger partial charge in [-0.2, -0.15) is 0 Å². The van der Waals surface area contributed by atoms with Crippen molar-refractivity contribution in [1.82, 2.24) is 0 Å². The fourth-order valence-electron chi connectivity index (χ4n) is 0. The molecule has 1 nitrogen and oxygen atoms in total. The van der Waals surface area contributed by atoms with Crippen LogP contribution in [0.25, 0.3) is 0 Å². The van der Waals surface area contributed by atoms with Crippen LogP contribution >= 0.6 is 0 Å². The summed E-state index contributed by atoms with van der Waals surface area (Å²) in [5.41, 5.74) is 0. The van der Waals surface area contributed by atoms with Crippen molar-refractivity contribution in [2.24, 2.45) is 0 Å². The maximum Gasteiger partial charge on any atom is 0.142 e. The maximum absolute atomic E-state index is 9.06. The van der Waals surface area contributed by atoms with Gasteiger partial charge in [0.2, 0.25) is 0 Å². The number of rotatable bonds is 2. The Hall–Kier alpha value is -0.850. The third-order valence-electron chi connectivity index (χ3n) is 0.385. The Morgan fingerprint density at radius 2 is 1.75 bits per heavy atom. The lowest BCUT2D eigenvalue weighted by Crippen LogP contribution is -1.44. The minimum atomic E-state index is 0.639. The Balaban J connectivity index is 0. The van der Waals surface area contributed by atoms with Crippen LogP contribution in [0.3, 0.4) is 0 Å². The molecule has 46 valence electrons. The van der Waals surface area contributed by atoms with Crippen LogP contribution in [0.15, 0.2) is 25.3 Å². The van der Waals surface area contributed by atoms with Gasteiger partial charge in [-0.3, -0.25) is 4.79 Å². The van der Waals surface area contributed by atoms with Gasteiger partial charge < -0.3 is 0 Å². The molecule has 0 bridgehead atoms. The van der Waals surface area contributed by atoms with Crippen molar-refractivity contribution < 1.29 is 4.79 Å². The molecule has 0 atom stereocenters. The molecule has 0 saturated carbocycles. The third-order valence-corrected chi connectivity index (χ3v) is 0.385. The fraction of sp³-hybridized carbons (Fsp3) is 0.286. The molecule has 0 aliphatic heterocycles. The molecule has 0 unspecified atom stereocenters. The first-order chi connectivity index (χ1) is 3.83. The van der Waals surface area contributed by atoms with E-state index in [4.69, 9.17) is 4.79 Å². The SMILES string of the molecule is C=CC=O.C=CCC. The van der Waals surface area contributed by atoms with Gasteiger partial charge in [-0.25, -0.2) is 0 Å². The van der Waals surface area contributed by atoms with Crippen LogP contribution in [0.4, 0.5) is 0 Å². The van der Waals surface area contributed by atoms with Gasteiger partial charge in [0.05, 0.1) is 0 Å². The monoisotopic (exact) mass is 112 g/mol. The molecular formula is C7H12O. The molecule has 0 fully saturated rings. The second-order valence-corrected chi connectivity index (χ2v) is 1.07. The Morgan fingerprint density at radius 3 is 1.75 bits per heavy atom. The van der Waals surface area contributed by atoms with E-state index in [2.05, 4.69) is 20.1 Å². The summed E-state index contributed by atoms with van der Waals surface area (Å²) in [6.45, 7) is 8.65. The van der Waals surface area contributed by atoms with E-state index in [1.54, 1.807) is 0 Å². The summed E-state index contributed by atoms with van der Waals surface area (Å²) in [5.74, 6) is 0. The summed E-state index contributed by atoms with van der Waals surface area (Å²) in [4.78, 5) is 9.06. The molecule has 1 heteroatoms. The molecule has 0 aromatic heterocycles. The third kappa shape index (κ3) is 67.1. The lowest BCUT2D eigenvalue weighted by atomic mass is 10.5. The second kappa shape index (κ2) is 16.4. The largest absolute Gasteiger partial charge is 0.299 e. The van der Waals surface area contributed by atoms with Gasteiger partial charge in [0.1, 0.15) is 6.29 Å². The maximum atomic E-state index is 9.06. The van der Waals surface area contributed by atoms with E-state index >= 15 is 0 Å². The highest BCUT2D eigenvalue weighted by molar-refractivity contribution is 5.63. The smallest absolute Gasteiger partial charge is 0.142 e. The number of allylic oxidation sites excluding steroid dienone is 2. The predicted octanol–water partition coefficient (Wildman–Crippen LogP) is 1.95. The first-order valence-electron chi connectivity index (χ1n) is 2.50. The zero-order valence-corrected chi connectivity index (χ0v) is 5.26. The summed E-state index contributed by atoms with van der Waals surface area (Å²) in [6.07, 6.45) is 4.79. The number of carbonyl (C=O) groups is 1. The van der Waals surface area contributed by atoms with E-state index in [1.165, 1.54) is 6.08 Å². The van der Waals surface area contributed by atoms with Gasteiger partial charge in [0, 0.05) is 0 Å². The lowest BCUT2D eigenvalue weighted by Gasteiger charge is -1.57. The zero-order chi connectivity index (χ0) is 6.83. The van der Waals surface area contributed by atoms with Gasteiger partial charge in [-0.1, -0.05) is 19.6 Å². The summed E-state index contributed by atoms with van der Waals surface area (Å²) < 4.78 is 0. The van der Waals surface area contributed by atoms with Gasteiger partial charge >= 0.3 is 0 Å². The van der Waals surface area contributed by atoms with Crippen LogP contribution in [0, 0.1) is 0 Å². The quantitative estimate of drug-likeness (QED) is 0.303. The highest BCUT2D eigenvalue weighted by atomic mass is 16.1. The molecule has 0 rings (SSSR count). The summed E-state index contributed by atoms with van der Waals surface area (Å²) in [6, 6.07) is 0. The van der Waals surface area contributed by atoms with Crippen molar-refractivity contribution in [3.8, 4) is 0 Å². The van der Waals surface area contributed by atoms with E-state index in [1.807, 2.05) is 6.08 Å². The van der Waals surface area contributed by atoms with Crippen LogP contribution in [0.1, 0.15) is 13.3 Å². The molecule has 0 spiro atoms. The first kappa shape index (κ1) is 10.2. The van der Waals surface area contributed by atoms with E-state index < -0.39 is 0 Å². The number of hydrogen-bond donors (Lipinski definition) is 0. The molecule has 0 aliphatic rings. The zero-order valence-electron chi connectivity index (χ0n) is 5.26. The highest BCUT2D eigenvalue weighted by Crippen LogP contribution is 1.66. The number of aldehydes is 1. The van der Waals surface area contributed by atoms with Crippen molar-refractivity contribution >= 4 is 6.29 Å². The fourth-order valence-corrected chi connectivity index (χ4v) is 0. The molecular weight excluding hydrogens is 100 g/mol. The van der Waals surface area contributed by atoms with Crippen molar-refractivity contribution in [2.45, 2.75) is 13.3 Å². The van der Waals surface area contributed by atoms with Crippen molar-refractivity contribution in [2.75, 3.05) is 0 Å². The van der Waals surface area contributed by atoms with E-state index in [9.17, 15) is 0 Å². The van der Waals surface area contributed by atoms with Gasteiger partial charge in [0.15, 0.2) is 0 Å². The van der Waals surface area contributed by atoms with Crippen LogP contribution in [-0.2, 0) is 4.79 Å².